The Kier molecular flexibility index (Phi) is 5.40. The minimum atomic E-state index is -3.85. The topological polar surface area (TPSA) is 79.4 Å². The van der Waals surface area contributed by atoms with E-state index in [0.717, 1.165) is 34.7 Å². The molecule has 1 aliphatic heterocycles. The summed E-state index contributed by atoms with van der Waals surface area (Å²) in [6.07, 6.45) is 6.35. The molecule has 0 unspecified atom stereocenters. The van der Waals surface area contributed by atoms with E-state index >= 15 is 4.39 Å². The molecule has 1 N–H and O–H groups in total. The Morgan fingerprint density at radius 1 is 1.21 bits per heavy atom. The molecule has 0 bridgehead atoms. The number of aromatic nitrogens is 1. The lowest BCUT2D eigenvalue weighted by Crippen LogP contribution is -2.55. The number of carbonyl (C=O) groups excluding carboxylic acids is 1. The van der Waals surface area contributed by atoms with Crippen LogP contribution < -0.4 is 5.32 Å². The third-order valence-corrected chi connectivity index (χ3v) is 7.54. The number of carbonyl (C=O) groups is 1. The molecule has 1 atom stereocenters. The zero-order chi connectivity index (χ0) is 20.5. The molecular weight excluding hydrogens is 393 g/mol. The van der Waals surface area contributed by atoms with E-state index in [9.17, 15) is 13.2 Å². The van der Waals surface area contributed by atoms with Crippen LogP contribution in [0.25, 0.3) is 0 Å². The summed E-state index contributed by atoms with van der Waals surface area (Å²) in [5.74, 6) is -0.782. The van der Waals surface area contributed by atoms with Crippen LogP contribution in [0.1, 0.15) is 36.0 Å². The molecule has 1 fully saturated rings. The number of nitrogens with zero attached hydrogens (tertiary/aromatic N) is 2. The SMILES string of the molecule is O=C(NCc1cccnc1)[C@]1(F)CCCN(S(=O)(=O)c2ccc3c(c2)CCC3)C1. The monoisotopic (exact) mass is 417 g/mol. The summed E-state index contributed by atoms with van der Waals surface area (Å²) in [6.45, 7) is -0.109. The van der Waals surface area contributed by atoms with Crippen LogP contribution in [0.2, 0.25) is 0 Å². The molecule has 2 aromatic rings. The van der Waals surface area contributed by atoms with Crippen LogP contribution >= 0.6 is 0 Å². The Morgan fingerprint density at radius 3 is 2.83 bits per heavy atom. The smallest absolute Gasteiger partial charge is 0.259 e. The van der Waals surface area contributed by atoms with Crippen LogP contribution in [0.5, 0.6) is 0 Å². The van der Waals surface area contributed by atoms with Crippen LogP contribution in [0.15, 0.2) is 47.6 Å². The van der Waals surface area contributed by atoms with Crippen molar-refractivity contribution in [1.29, 1.82) is 0 Å². The van der Waals surface area contributed by atoms with Gasteiger partial charge in [-0.05, 0) is 67.0 Å². The van der Waals surface area contributed by atoms with Crippen molar-refractivity contribution in [3.8, 4) is 0 Å². The highest BCUT2D eigenvalue weighted by atomic mass is 32.2. The van der Waals surface area contributed by atoms with Gasteiger partial charge in [0.25, 0.3) is 5.91 Å². The zero-order valence-corrected chi connectivity index (χ0v) is 16.9. The molecule has 0 spiro atoms. The summed E-state index contributed by atoms with van der Waals surface area (Å²) in [4.78, 5) is 16.7. The van der Waals surface area contributed by atoms with Crippen molar-refractivity contribution in [2.24, 2.45) is 0 Å². The van der Waals surface area contributed by atoms with Gasteiger partial charge in [0.1, 0.15) is 0 Å². The number of aryl methyl sites for hydroxylation is 2. The number of nitrogens with one attached hydrogen (secondary N) is 1. The fourth-order valence-electron chi connectivity index (χ4n) is 4.06. The van der Waals surface area contributed by atoms with Crippen LogP contribution in [0.4, 0.5) is 4.39 Å². The number of hydrogen-bond donors (Lipinski definition) is 1. The lowest BCUT2D eigenvalue weighted by atomic mass is 9.95. The van der Waals surface area contributed by atoms with E-state index in [1.54, 1.807) is 36.7 Å². The van der Waals surface area contributed by atoms with Gasteiger partial charge in [0.2, 0.25) is 15.7 Å². The van der Waals surface area contributed by atoms with Crippen LogP contribution in [-0.4, -0.2) is 42.4 Å². The quantitative estimate of drug-likeness (QED) is 0.810. The summed E-state index contributed by atoms with van der Waals surface area (Å²) in [7, 11) is -3.85. The Balaban J connectivity index is 1.48. The number of fused-ring (bicyclic) bond motifs is 1. The highest BCUT2D eigenvalue weighted by Gasteiger charge is 2.46. The van der Waals surface area contributed by atoms with E-state index in [1.165, 1.54) is 5.56 Å². The van der Waals surface area contributed by atoms with Gasteiger partial charge in [-0.25, -0.2) is 12.8 Å². The molecule has 154 valence electrons. The predicted molar refractivity (Wildman–Crippen MR) is 106 cm³/mol. The molecule has 1 aromatic heterocycles. The maximum atomic E-state index is 15.5. The molecule has 1 saturated heterocycles. The Bertz CT molecular complexity index is 1010. The molecule has 4 rings (SSSR count). The molecule has 0 saturated carbocycles. The molecule has 6 nitrogen and oxygen atoms in total. The summed E-state index contributed by atoms with van der Waals surface area (Å²) in [5.41, 5.74) is 0.730. The second-order valence-corrected chi connectivity index (χ2v) is 9.67. The average Bonchev–Trinajstić information content (AvgIpc) is 3.20. The van der Waals surface area contributed by atoms with Crippen molar-refractivity contribution in [2.45, 2.75) is 49.2 Å². The fraction of sp³-hybridized carbons (Fsp3) is 0.429. The number of alkyl halides is 1. The van der Waals surface area contributed by atoms with Gasteiger partial charge in [-0.2, -0.15) is 4.31 Å². The fourth-order valence-corrected chi connectivity index (χ4v) is 5.64. The van der Waals surface area contributed by atoms with Crippen molar-refractivity contribution in [3.63, 3.8) is 0 Å². The third kappa shape index (κ3) is 4.04. The van der Waals surface area contributed by atoms with Gasteiger partial charge in [0.15, 0.2) is 0 Å². The zero-order valence-electron chi connectivity index (χ0n) is 16.1. The number of hydrogen-bond acceptors (Lipinski definition) is 4. The molecule has 1 aromatic carbocycles. The first kappa shape index (κ1) is 20.0. The average molecular weight is 418 g/mol. The van der Waals surface area contributed by atoms with E-state index < -0.39 is 28.1 Å². The number of sulfonamides is 1. The normalized spacial score (nSPS) is 22.2. The van der Waals surface area contributed by atoms with Crippen LogP contribution in [0.3, 0.4) is 0 Å². The first-order chi connectivity index (χ1) is 13.9. The van der Waals surface area contributed by atoms with Gasteiger partial charge in [-0.1, -0.05) is 12.1 Å². The maximum Gasteiger partial charge on any atom is 0.259 e. The lowest BCUT2D eigenvalue weighted by Gasteiger charge is -2.35. The molecule has 2 heterocycles. The molecular formula is C21H24FN3O3S. The maximum absolute atomic E-state index is 15.5. The van der Waals surface area contributed by atoms with Gasteiger partial charge in [0.05, 0.1) is 11.4 Å². The van der Waals surface area contributed by atoms with Gasteiger partial charge < -0.3 is 5.32 Å². The Morgan fingerprint density at radius 2 is 2.03 bits per heavy atom. The van der Waals surface area contributed by atoms with Gasteiger partial charge >= 0.3 is 0 Å². The van der Waals surface area contributed by atoms with E-state index in [1.807, 2.05) is 6.07 Å². The summed E-state index contributed by atoms with van der Waals surface area (Å²) in [5, 5.41) is 2.58. The van der Waals surface area contributed by atoms with Gasteiger partial charge in [0, 0.05) is 25.5 Å². The number of pyridine rings is 1. The first-order valence-electron chi connectivity index (χ1n) is 9.87. The Hall–Kier alpha value is -2.32. The van der Waals surface area contributed by atoms with Crippen molar-refractivity contribution in [3.05, 3.63) is 59.4 Å². The second kappa shape index (κ2) is 7.84. The number of amides is 1. The van der Waals surface area contributed by atoms with Gasteiger partial charge in [-0.15, -0.1) is 0 Å². The molecule has 8 heteroatoms. The molecule has 1 aliphatic carbocycles. The summed E-state index contributed by atoms with van der Waals surface area (Å²) in [6, 6.07) is 8.66. The molecule has 1 amide bonds. The minimum absolute atomic E-state index is 0.00206. The highest BCUT2D eigenvalue weighted by molar-refractivity contribution is 7.89. The molecule has 0 radical (unpaired) electrons. The van der Waals surface area contributed by atoms with E-state index in [4.69, 9.17) is 0 Å². The van der Waals surface area contributed by atoms with Crippen molar-refractivity contribution < 1.29 is 17.6 Å². The van der Waals surface area contributed by atoms with E-state index in [0.29, 0.717) is 6.42 Å². The number of piperidine rings is 1. The summed E-state index contributed by atoms with van der Waals surface area (Å²) >= 11 is 0. The van der Waals surface area contributed by atoms with Crippen molar-refractivity contribution in [1.82, 2.24) is 14.6 Å². The predicted octanol–water partition coefficient (Wildman–Crippen LogP) is 2.38. The summed E-state index contributed by atoms with van der Waals surface area (Å²) < 4.78 is 42.8. The third-order valence-electron chi connectivity index (χ3n) is 5.70. The molecule has 2 aliphatic rings. The van der Waals surface area contributed by atoms with Crippen LogP contribution in [-0.2, 0) is 34.2 Å². The van der Waals surface area contributed by atoms with Crippen molar-refractivity contribution in [2.75, 3.05) is 13.1 Å². The minimum Gasteiger partial charge on any atom is -0.349 e. The van der Waals surface area contributed by atoms with Gasteiger partial charge in [-0.3, -0.25) is 9.78 Å². The number of halogens is 1. The van der Waals surface area contributed by atoms with E-state index in [-0.39, 0.29) is 24.4 Å². The van der Waals surface area contributed by atoms with Crippen LogP contribution in [0, 0.1) is 0 Å². The standard InChI is InChI=1S/C21H24FN3O3S/c22-21(20(26)24-14-16-4-2-10-23-13-16)9-3-11-25(15-21)29(27,28)19-8-7-17-5-1-6-18(17)12-19/h2,4,7-8,10,12-13H,1,3,5-6,9,11,14-15H2,(H,24,26)/t21-/m0/s1. The Labute approximate surface area is 170 Å². The highest BCUT2D eigenvalue weighted by Crippen LogP contribution is 2.31. The second-order valence-electron chi connectivity index (χ2n) is 7.74. The number of rotatable bonds is 5. The van der Waals surface area contributed by atoms with E-state index in [2.05, 4.69) is 10.3 Å². The molecule has 29 heavy (non-hydrogen) atoms. The number of benzene rings is 1. The first-order valence-corrected chi connectivity index (χ1v) is 11.3. The lowest BCUT2D eigenvalue weighted by molar-refractivity contribution is -0.135. The largest absolute Gasteiger partial charge is 0.349 e. The van der Waals surface area contributed by atoms with Crippen molar-refractivity contribution >= 4 is 15.9 Å².